The summed E-state index contributed by atoms with van der Waals surface area (Å²) in [5, 5.41) is 5.86. The van der Waals surface area contributed by atoms with Gasteiger partial charge in [0.1, 0.15) is 11.6 Å². The maximum Gasteiger partial charge on any atom is 0.257 e. The number of aromatic amines is 1. The Kier molecular flexibility index (Phi) is 4.85. The number of fused-ring (bicyclic) bond motifs is 1. The zero-order valence-electron chi connectivity index (χ0n) is 15.4. The fourth-order valence-corrected chi connectivity index (χ4v) is 3.55. The van der Waals surface area contributed by atoms with Gasteiger partial charge in [0.15, 0.2) is 0 Å². The van der Waals surface area contributed by atoms with Gasteiger partial charge in [-0.1, -0.05) is 12.1 Å². The normalized spacial score (nSPS) is 18.9. The van der Waals surface area contributed by atoms with Gasteiger partial charge < -0.3 is 20.5 Å². The van der Waals surface area contributed by atoms with Gasteiger partial charge in [-0.25, -0.2) is 0 Å². The minimum Gasteiger partial charge on any atom is -0.360 e. The topological polar surface area (TPSA) is 111 Å². The van der Waals surface area contributed by atoms with Gasteiger partial charge >= 0.3 is 0 Å². The van der Waals surface area contributed by atoms with E-state index in [-0.39, 0.29) is 35.4 Å². The Labute approximate surface area is 161 Å². The molecular weight excluding hydrogens is 360 g/mol. The maximum atomic E-state index is 12.5. The van der Waals surface area contributed by atoms with Crippen molar-refractivity contribution in [1.82, 2.24) is 20.5 Å². The SMILES string of the molecule is O=C(NCC(=O)N1CCCC1C(=O)NC1CC1)c1c[nH]c2ccccc2c1=O. The van der Waals surface area contributed by atoms with E-state index in [4.69, 9.17) is 0 Å². The van der Waals surface area contributed by atoms with Crippen molar-refractivity contribution in [2.75, 3.05) is 13.1 Å². The third kappa shape index (κ3) is 3.62. The second-order valence-corrected chi connectivity index (χ2v) is 7.29. The van der Waals surface area contributed by atoms with E-state index in [0.717, 1.165) is 19.3 Å². The van der Waals surface area contributed by atoms with E-state index in [2.05, 4.69) is 15.6 Å². The molecule has 2 heterocycles. The minimum atomic E-state index is -0.612. The quantitative estimate of drug-likeness (QED) is 0.700. The zero-order chi connectivity index (χ0) is 19.7. The highest BCUT2D eigenvalue weighted by atomic mass is 16.2. The molecule has 3 amide bonds. The van der Waals surface area contributed by atoms with Crippen LogP contribution in [-0.2, 0) is 9.59 Å². The molecular formula is C20H22N4O4. The van der Waals surface area contributed by atoms with E-state index in [1.54, 1.807) is 24.3 Å². The van der Waals surface area contributed by atoms with Crippen molar-refractivity contribution < 1.29 is 14.4 Å². The summed E-state index contributed by atoms with van der Waals surface area (Å²) >= 11 is 0. The number of benzene rings is 1. The number of likely N-dealkylation sites (tertiary alicyclic amines) is 1. The molecule has 1 saturated heterocycles. The van der Waals surface area contributed by atoms with E-state index >= 15 is 0 Å². The largest absolute Gasteiger partial charge is 0.360 e. The van der Waals surface area contributed by atoms with Gasteiger partial charge in [-0.3, -0.25) is 19.2 Å². The summed E-state index contributed by atoms with van der Waals surface area (Å²) < 4.78 is 0. The lowest BCUT2D eigenvalue weighted by molar-refractivity contribution is -0.137. The highest BCUT2D eigenvalue weighted by Crippen LogP contribution is 2.22. The lowest BCUT2D eigenvalue weighted by Gasteiger charge is -2.24. The van der Waals surface area contributed by atoms with Gasteiger partial charge in [0.25, 0.3) is 5.91 Å². The van der Waals surface area contributed by atoms with Gasteiger partial charge in [0.05, 0.1) is 6.54 Å². The third-order valence-corrected chi connectivity index (χ3v) is 5.23. The molecule has 1 saturated carbocycles. The van der Waals surface area contributed by atoms with Crippen LogP contribution in [0.25, 0.3) is 10.9 Å². The molecule has 3 N–H and O–H groups in total. The highest BCUT2D eigenvalue weighted by molar-refractivity contribution is 5.99. The van der Waals surface area contributed by atoms with Crippen LogP contribution in [0.15, 0.2) is 35.3 Å². The number of nitrogens with zero attached hydrogens (tertiary/aromatic N) is 1. The van der Waals surface area contributed by atoms with E-state index in [0.29, 0.717) is 23.9 Å². The van der Waals surface area contributed by atoms with Crippen LogP contribution in [0.5, 0.6) is 0 Å². The molecule has 0 radical (unpaired) electrons. The minimum absolute atomic E-state index is 0.0454. The fourth-order valence-electron chi connectivity index (χ4n) is 3.55. The molecule has 1 aromatic carbocycles. The summed E-state index contributed by atoms with van der Waals surface area (Å²) in [6.45, 7) is 0.242. The number of nitrogens with one attached hydrogen (secondary N) is 3. The molecule has 1 atom stereocenters. The number of pyridine rings is 1. The number of carbonyl (C=O) groups excluding carboxylic acids is 3. The molecule has 146 valence electrons. The highest BCUT2D eigenvalue weighted by Gasteiger charge is 2.36. The van der Waals surface area contributed by atoms with E-state index in [9.17, 15) is 19.2 Å². The zero-order valence-corrected chi connectivity index (χ0v) is 15.4. The van der Waals surface area contributed by atoms with E-state index < -0.39 is 11.9 Å². The predicted octanol–water partition coefficient (Wildman–Crippen LogP) is 0.528. The lowest BCUT2D eigenvalue weighted by atomic mass is 10.1. The number of H-pyrrole nitrogens is 1. The number of carbonyl (C=O) groups is 3. The monoisotopic (exact) mass is 382 g/mol. The van der Waals surface area contributed by atoms with E-state index in [1.165, 1.54) is 11.1 Å². The van der Waals surface area contributed by atoms with Crippen LogP contribution in [0, 0.1) is 0 Å². The average molecular weight is 382 g/mol. The summed E-state index contributed by atoms with van der Waals surface area (Å²) in [6, 6.07) is 6.68. The number of hydrogen-bond acceptors (Lipinski definition) is 4. The van der Waals surface area contributed by atoms with Crippen molar-refractivity contribution in [2.24, 2.45) is 0 Å². The fraction of sp³-hybridized carbons (Fsp3) is 0.400. The Morgan fingerprint density at radius 2 is 1.93 bits per heavy atom. The molecule has 2 fully saturated rings. The predicted molar refractivity (Wildman–Crippen MR) is 103 cm³/mol. The summed E-state index contributed by atoms with van der Waals surface area (Å²) in [5.41, 5.74) is 0.208. The second kappa shape index (κ2) is 7.46. The van der Waals surface area contributed by atoms with Crippen LogP contribution in [0.2, 0.25) is 0 Å². The van der Waals surface area contributed by atoms with Gasteiger partial charge in [-0.15, -0.1) is 0 Å². The molecule has 0 spiro atoms. The van der Waals surface area contributed by atoms with E-state index in [1.807, 2.05) is 0 Å². The number of hydrogen-bond donors (Lipinski definition) is 3. The van der Waals surface area contributed by atoms with Crippen molar-refractivity contribution in [3.05, 3.63) is 46.2 Å². The summed E-state index contributed by atoms with van der Waals surface area (Å²) in [6.07, 6.45) is 4.72. The second-order valence-electron chi connectivity index (χ2n) is 7.29. The maximum absolute atomic E-state index is 12.5. The van der Waals surface area contributed by atoms with Crippen molar-refractivity contribution in [3.63, 3.8) is 0 Å². The van der Waals surface area contributed by atoms with Crippen molar-refractivity contribution in [1.29, 1.82) is 0 Å². The molecule has 2 aliphatic rings. The molecule has 1 aliphatic carbocycles. The molecule has 1 aliphatic heterocycles. The van der Waals surface area contributed by atoms with Crippen LogP contribution >= 0.6 is 0 Å². The van der Waals surface area contributed by atoms with Crippen molar-refractivity contribution >= 4 is 28.6 Å². The molecule has 1 unspecified atom stereocenters. The summed E-state index contributed by atoms with van der Waals surface area (Å²) in [7, 11) is 0. The van der Waals surface area contributed by atoms with Gasteiger partial charge in [-0.2, -0.15) is 0 Å². The molecule has 0 bridgehead atoms. The number of rotatable bonds is 5. The molecule has 28 heavy (non-hydrogen) atoms. The molecule has 8 nitrogen and oxygen atoms in total. The van der Waals surface area contributed by atoms with Crippen molar-refractivity contribution in [2.45, 2.75) is 37.8 Å². The van der Waals surface area contributed by atoms with Crippen LogP contribution in [0.1, 0.15) is 36.0 Å². The Bertz CT molecular complexity index is 995. The Balaban J connectivity index is 1.40. The van der Waals surface area contributed by atoms with Crippen LogP contribution < -0.4 is 16.1 Å². The van der Waals surface area contributed by atoms with Gasteiger partial charge in [-0.05, 0) is 37.8 Å². The Morgan fingerprint density at radius 3 is 2.71 bits per heavy atom. The Hall–Kier alpha value is -3.16. The standard InChI is InChI=1S/C20H22N4O4/c25-17(24-9-3-6-16(24)20(28)23-12-7-8-12)11-22-19(27)14-10-21-15-5-2-1-4-13(15)18(14)26/h1-2,4-5,10,12,16H,3,6-9,11H2,(H,21,26)(H,22,27)(H,23,28). The lowest BCUT2D eigenvalue weighted by Crippen LogP contribution is -2.49. The molecule has 4 rings (SSSR count). The summed E-state index contributed by atoms with van der Waals surface area (Å²) in [4.78, 5) is 54.2. The Morgan fingerprint density at radius 1 is 1.14 bits per heavy atom. The third-order valence-electron chi connectivity index (χ3n) is 5.23. The first kappa shape index (κ1) is 18.2. The smallest absolute Gasteiger partial charge is 0.257 e. The first-order chi connectivity index (χ1) is 13.5. The van der Waals surface area contributed by atoms with Crippen LogP contribution in [0.3, 0.4) is 0 Å². The van der Waals surface area contributed by atoms with Crippen LogP contribution in [0.4, 0.5) is 0 Å². The molecule has 8 heteroatoms. The number of aromatic nitrogens is 1. The summed E-state index contributed by atoms with van der Waals surface area (Å²) in [5.74, 6) is -1.05. The van der Waals surface area contributed by atoms with Gasteiger partial charge in [0, 0.05) is 29.7 Å². The molecule has 2 aromatic rings. The van der Waals surface area contributed by atoms with Gasteiger partial charge in [0.2, 0.25) is 17.2 Å². The first-order valence-corrected chi connectivity index (χ1v) is 9.53. The van der Waals surface area contributed by atoms with Crippen LogP contribution in [-0.4, -0.2) is 52.8 Å². The van der Waals surface area contributed by atoms with Crippen molar-refractivity contribution in [3.8, 4) is 0 Å². The number of amides is 3. The number of para-hydroxylation sites is 1. The average Bonchev–Trinajstić information content (AvgIpc) is 3.37. The molecule has 1 aromatic heterocycles. The first-order valence-electron chi connectivity index (χ1n) is 9.53.